The number of unbranched alkanes of at least 4 members (excludes halogenated alkanes) is 2. The van der Waals surface area contributed by atoms with E-state index in [4.69, 9.17) is 4.74 Å². The van der Waals surface area contributed by atoms with Gasteiger partial charge in [-0.1, -0.05) is 25.8 Å². The molecule has 3 fully saturated rings. The van der Waals surface area contributed by atoms with Gasteiger partial charge >= 0.3 is 5.97 Å². The van der Waals surface area contributed by atoms with Crippen LogP contribution in [0.1, 0.15) is 52.4 Å². The van der Waals surface area contributed by atoms with Crippen LogP contribution in [0.15, 0.2) is 12.7 Å². The molecule has 3 rings (SSSR count). The van der Waals surface area contributed by atoms with E-state index in [1.165, 1.54) is 4.90 Å². The normalized spacial score (nSPS) is 34.3. The number of ether oxygens (including phenoxy) is 1. The first-order valence-electron chi connectivity index (χ1n) is 11.0. The van der Waals surface area contributed by atoms with Gasteiger partial charge in [-0.3, -0.25) is 14.4 Å². The van der Waals surface area contributed by atoms with Gasteiger partial charge in [-0.25, -0.2) is 0 Å². The quantitative estimate of drug-likeness (QED) is 0.385. The van der Waals surface area contributed by atoms with Crippen LogP contribution in [0.3, 0.4) is 0 Å². The average molecular weight is 423 g/mol. The lowest BCUT2D eigenvalue weighted by Crippen LogP contribution is -2.56. The van der Waals surface area contributed by atoms with Crippen molar-refractivity contribution in [2.24, 2.45) is 11.8 Å². The molecule has 3 saturated heterocycles. The lowest BCUT2D eigenvalue weighted by molar-refractivity contribution is -0.156. The fourth-order valence-electron chi connectivity index (χ4n) is 5.74. The number of hydrogen-bond acceptors (Lipinski definition) is 5. The lowest BCUT2D eigenvalue weighted by atomic mass is 9.66. The molecule has 8 nitrogen and oxygen atoms in total. The van der Waals surface area contributed by atoms with Crippen LogP contribution in [0.25, 0.3) is 0 Å². The number of aliphatic hydroxyl groups excluding tert-OH is 1. The van der Waals surface area contributed by atoms with Gasteiger partial charge in [0.2, 0.25) is 11.8 Å². The molecule has 2 unspecified atom stereocenters. The predicted molar refractivity (Wildman–Crippen MR) is 110 cm³/mol. The summed E-state index contributed by atoms with van der Waals surface area (Å²) in [6.45, 7) is 8.60. The molecule has 0 saturated carbocycles. The molecule has 0 radical (unpaired) electrons. The maximum absolute atomic E-state index is 13.7. The predicted octanol–water partition coefficient (Wildman–Crippen LogP) is 1.42. The molecule has 2 bridgehead atoms. The molecule has 30 heavy (non-hydrogen) atoms. The van der Waals surface area contributed by atoms with E-state index in [1.807, 2.05) is 0 Å². The Morgan fingerprint density at radius 1 is 1.33 bits per heavy atom. The summed E-state index contributed by atoms with van der Waals surface area (Å²) in [7, 11) is 0. The largest absolute Gasteiger partial charge is 0.481 e. The maximum Gasteiger partial charge on any atom is 0.310 e. The minimum absolute atomic E-state index is 0.115. The second kappa shape index (κ2) is 8.67. The highest BCUT2D eigenvalue weighted by Gasteiger charge is 2.78. The second-order valence-electron chi connectivity index (χ2n) is 8.95. The number of fused-ring (bicyclic) bond motifs is 1. The van der Waals surface area contributed by atoms with E-state index >= 15 is 0 Å². The summed E-state index contributed by atoms with van der Waals surface area (Å²) in [6.07, 6.45) is 5.83. The fraction of sp³-hybridized carbons (Fsp3) is 0.773. The first kappa shape index (κ1) is 22.7. The van der Waals surface area contributed by atoms with Crippen LogP contribution in [0.5, 0.6) is 0 Å². The zero-order chi connectivity index (χ0) is 22.1. The Bertz CT molecular complexity index is 712. The van der Waals surface area contributed by atoms with Crippen molar-refractivity contribution in [2.75, 3.05) is 26.2 Å². The third kappa shape index (κ3) is 3.43. The van der Waals surface area contributed by atoms with Gasteiger partial charge in [0, 0.05) is 26.2 Å². The first-order valence-corrected chi connectivity index (χ1v) is 11.0. The van der Waals surface area contributed by atoms with Gasteiger partial charge in [0.05, 0.1) is 17.4 Å². The molecule has 3 heterocycles. The van der Waals surface area contributed by atoms with Crippen molar-refractivity contribution in [2.45, 2.75) is 69.6 Å². The van der Waals surface area contributed by atoms with Gasteiger partial charge in [-0.15, -0.1) is 6.58 Å². The van der Waals surface area contributed by atoms with Crippen molar-refractivity contribution in [3.63, 3.8) is 0 Å². The minimum atomic E-state index is -1.12. The third-order valence-electron chi connectivity index (χ3n) is 7.03. The average Bonchev–Trinajstić information content (AvgIpc) is 3.26. The highest BCUT2D eigenvalue weighted by atomic mass is 16.5. The Labute approximate surface area is 177 Å². The van der Waals surface area contributed by atoms with E-state index in [1.54, 1.807) is 17.9 Å². The van der Waals surface area contributed by atoms with E-state index in [0.717, 1.165) is 19.3 Å². The molecule has 8 heteroatoms. The molecular formula is C22H34N2O6. The molecule has 0 aliphatic carbocycles. The van der Waals surface area contributed by atoms with Crippen LogP contribution in [-0.2, 0) is 19.1 Å². The SMILES string of the molecule is C=CCN(CCCCC)C(=O)C1N(CCCO)C(=O)[C@@H]2[C@@H](C(=O)O)[C@@]3(C)CCC12O3. The van der Waals surface area contributed by atoms with E-state index in [2.05, 4.69) is 13.5 Å². The number of carboxylic acids is 1. The van der Waals surface area contributed by atoms with Crippen molar-refractivity contribution in [1.29, 1.82) is 0 Å². The molecule has 3 aliphatic heterocycles. The van der Waals surface area contributed by atoms with Crippen molar-refractivity contribution in [3.05, 3.63) is 12.7 Å². The standard InChI is InChI=1S/C22H34N2O6/c1-4-6-7-12-23(11-5-2)19(27)17-22-10-9-21(3,30-22)16(20(28)29)15(22)18(26)24(17)13-8-14-25/h5,15-17,25H,2,4,6-14H2,1,3H3,(H,28,29)/t15-,16-,17?,21+,22?/m0/s1. The van der Waals surface area contributed by atoms with Gasteiger partial charge in [-0.05, 0) is 32.6 Å². The summed E-state index contributed by atoms with van der Waals surface area (Å²) in [6, 6.07) is -0.866. The maximum atomic E-state index is 13.7. The molecule has 1 spiro atoms. The van der Waals surface area contributed by atoms with E-state index in [0.29, 0.717) is 32.4 Å². The minimum Gasteiger partial charge on any atom is -0.481 e. The van der Waals surface area contributed by atoms with Crippen LogP contribution >= 0.6 is 0 Å². The van der Waals surface area contributed by atoms with Crippen molar-refractivity contribution < 1.29 is 29.3 Å². The van der Waals surface area contributed by atoms with Crippen molar-refractivity contribution in [3.8, 4) is 0 Å². The zero-order valence-electron chi connectivity index (χ0n) is 18.0. The van der Waals surface area contributed by atoms with E-state index in [9.17, 15) is 24.6 Å². The second-order valence-corrected chi connectivity index (χ2v) is 8.95. The number of aliphatic hydroxyl groups is 1. The monoisotopic (exact) mass is 422 g/mol. The van der Waals surface area contributed by atoms with Crippen LogP contribution < -0.4 is 0 Å². The molecule has 0 aromatic heterocycles. The van der Waals surface area contributed by atoms with E-state index < -0.39 is 35.0 Å². The number of carbonyl (C=O) groups excluding carboxylic acids is 2. The molecule has 0 aromatic rings. The number of rotatable bonds is 11. The van der Waals surface area contributed by atoms with Gasteiger partial charge in [0.1, 0.15) is 11.6 Å². The zero-order valence-corrected chi connectivity index (χ0v) is 18.0. The Morgan fingerprint density at radius 2 is 2.07 bits per heavy atom. The smallest absolute Gasteiger partial charge is 0.310 e. The van der Waals surface area contributed by atoms with Gasteiger partial charge in [0.25, 0.3) is 0 Å². The summed E-state index contributed by atoms with van der Waals surface area (Å²) in [5.41, 5.74) is -2.06. The Balaban J connectivity index is 1.99. The summed E-state index contributed by atoms with van der Waals surface area (Å²) >= 11 is 0. The molecule has 5 atom stereocenters. The molecule has 168 valence electrons. The molecule has 3 aliphatic rings. The number of carbonyl (C=O) groups is 3. The highest BCUT2D eigenvalue weighted by molar-refractivity contribution is 5.98. The van der Waals surface area contributed by atoms with Crippen LogP contribution in [0, 0.1) is 11.8 Å². The molecule has 2 N–H and O–H groups in total. The van der Waals surface area contributed by atoms with Gasteiger partial charge < -0.3 is 24.7 Å². The molecule has 0 aromatic carbocycles. The third-order valence-corrected chi connectivity index (χ3v) is 7.03. The topological polar surface area (TPSA) is 107 Å². The molecule has 2 amide bonds. The Kier molecular flexibility index (Phi) is 6.57. The summed E-state index contributed by atoms with van der Waals surface area (Å²) in [5.74, 6) is -3.46. The number of hydrogen-bond donors (Lipinski definition) is 2. The summed E-state index contributed by atoms with van der Waals surface area (Å²) in [5, 5.41) is 19.2. The van der Waals surface area contributed by atoms with Crippen molar-refractivity contribution in [1.82, 2.24) is 9.80 Å². The number of amides is 2. The lowest BCUT2D eigenvalue weighted by Gasteiger charge is -2.36. The summed E-state index contributed by atoms with van der Waals surface area (Å²) in [4.78, 5) is 42.4. The van der Waals surface area contributed by atoms with Gasteiger partial charge in [0.15, 0.2) is 0 Å². The Hall–Kier alpha value is -1.93. The molecular weight excluding hydrogens is 388 g/mol. The van der Waals surface area contributed by atoms with Crippen LogP contribution in [-0.4, -0.2) is 81.3 Å². The number of aliphatic carboxylic acids is 1. The number of nitrogens with zero attached hydrogens (tertiary/aromatic N) is 2. The summed E-state index contributed by atoms with van der Waals surface area (Å²) < 4.78 is 6.33. The van der Waals surface area contributed by atoms with Gasteiger partial charge in [-0.2, -0.15) is 0 Å². The van der Waals surface area contributed by atoms with Crippen LogP contribution in [0.4, 0.5) is 0 Å². The highest BCUT2D eigenvalue weighted by Crippen LogP contribution is 2.63. The first-order chi connectivity index (χ1) is 14.3. The fourth-order valence-corrected chi connectivity index (χ4v) is 5.74. The van der Waals surface area contributed by atoms with E-state index in [-0.39, 0.29) is 25.0 Å². The number of carboxylic acid groups (broad SMARTS) is 1. The van der Waals surface area contributed by atoms with Crippen molar-refractivity contribution >= 4 is 17.8 Å². The number of likely N-dealkylation sites (tertiary alicyclic amines) is 1. The Morgan fingerprint density at radius 3 is 2.67 bits per heavy atom. The van der Waals surface area contributed by atoms with Crippen LogP contribution in [0.2, 0.25) is 0 Å².